The van der Waals surface area contributed by atoms with Crippen LogP contribution in [0.2, 0.25) is 0 Å². The van der Waals surface area contributed by atoms with Crippen LogP contribution in [-0.2, 0) is 10.6 Å². The van der Waals surface area contributed by atoms with Crippen LogP contribution in [0.3, 0.4) is 0 Å². The van der Waals surface area contributed by atoms with E-state index in [0.29, 0.717) is 12.5 Å². The molecule has 1 fully saturated rings. The Morgan fingerprint density at radius 3 is 2.79 bits per heavy atom. The Balaban J connectivity index is 1.86. The highest BCUT2D eigenvalue weighted by Gasteiger charge is 2.21. The van der Waals surface area contributed by atoms with Gasteiger partial charge < -0.3 is 14.2 Å². The van der Waals surface area contributed by atoms with E-state index in [2.05, 4.69) is 6.92 Å². The topological polar surface area (TPSA) is 27.7 Å². The number of hydrogen-bond acceptors (Lipinski definition) is 3. The highest BCUT2D eigenvalue weighted by molar-refractivity contribution is 6.17. The van der Waals surface area contributed by atoms with Crippen molar-refractivity contribution in [3.05, 3.63) is 23.8 Å². The molecule has 0 radical (unpaired) electrons. The summed E-state index contributed by atoms with van der Waals surface area (Å²) >= 11 is 5.90. The van der Waals surface area contributed by atoms with Crippen molar-refractivity contribution in [1.29, 1.82) is 0 Å². The second kappa shape index (κ2) is 7.61. The summed E-state index contributed by atoms with van der Waals surface area (Å²) in [5.74, 6) is 2.73. The van der Waals surface area contributed by atoms with Gasteiger partial charge in [-0.3, -0.25) is 0 Å². The predicted octanol–water partition coefficient (Wildman–Crippen LogP) is 3.98. The summed E-state index contributed by atoms with van der Waals surface area (Å²) in [6.45, 7) is 3.86. The van der Waals surface area contributed by atoms with Gasteiger partial charge in [0.2, 0.25) is 0 Å². The lowest BCUT2D eigenvalue weighted by Crippen LogP contribution is -2.06. The van der Waals surface area contributed by atoms with Gasteiger partial charge in [0.1, 0.15) is 11.5 Å². The molecule has 0 amide bonds. The molecular weight excluding hydrogens is 264 g/mol. The van der Waals surface area contributed by atoms with Gasteiger partial charge in [0.25, 0.3) is 0 Å². The van der Waals surface area contributed by atoms with Crippen molar-refractivity contribution in [1.82, 2.24) is 0 Å². The number of benzene rings is 1. The molecule has 2 rings (SSSR count). The maximum absolute atomic E-state index is 5.90. The van der Waals surface area contributed by atoms with Crippen LogP contribution < -0.4 is 9.47 Å². The Morgan fingerprint density at radius 2 is 2.11 bits per heavy atom. The molecule has 0 atom stereocenters. The standard InChI is InChI=1S/C15H21ClO3/c1-2-7-18-14-6-5-13(9-16)15(8-14)19-11-17-10-12-3-4-12/h5-6,8,12H,2-4,7,9-11H2,1H3. The van der Waals surface area contributed by atoms with E-state index in [-0.39, 0.29) is 6.79 Å². The molecule has 106 valence electrons. The first kappa shape index (κ1) is 14.5. The number of rotatable bonds is 9. The van der Waals surface area contributed by atoms with Crippen LogP contribution in [-0.4, -0.2) is 20.0 Å². The smallest absolute Gasteiger partial charge is 0.189 e. The van der Waals surface area contributed by atoms with E-state index in [4.69, 9.17) is 25.8 Å². The molecule has 1 aromatic carbocycles. The molecule has 0 N–H and O–H groups in total. The summed E-state index contributed by atoms with van der Waals surface area (Å²) in [6, 6.07) is 5.74. The third-order valence-corrected chi connectivity index (χ3v) is 3.29. The minimum Gasteiger partial charge on any atom is -0.493 e. The molecule has 4 heteroatoms. The molecule has 1 aliphatic carbocycles. The molecule has 0 aliphatic heterocycles. The second-order valence-electron chi connectivity index (χ2n) is 4.83. The molecule has 0 bridgehead atoms. The van der Waals surface area contributed by atoms with Gasteiger partial charge >= 0.3 is 0 Å². The van der Waals surface area contributed by atoms with E-state index in [9.17, 15) is 0 Å². The van der Waals surface area contributed by atoms with Gasteiger partial charge in [-0.1, -0.05) is 13.0 Å². The van der Waals surface area contributed by atoms with Crippen molar-refractivity contribution in [2.24, 2.45) is 5.92 Å². The van der Waals surface area contributed by atoms with Crippen LogP contribution in [0.4, 0.5) is 0 Å². The van der Waals surface area contributed by atoms with Gasteiger partial charge in [-0.15, -0.1) is 11.6 Å². The first-order chi connectivity index (χ1) is 9.33. The van der Waals surface area contributed by atoms with Gasteiger partial charge in [-0.25, -0.2) is 0 Å². The third kappa shape index (κ3) is 4.92. The maximum Gasteiger partial charge on any atom is 0.189 e. The first-order valence-electron chi connectivity index (χ1n) is 6.85. The molecule has 0 saturated heterocycles. The van der Waals surface area contributed by atoms with Crippen LogP contribution in [0.15, 0.2) is 18.2 Å². The van der Waals surface area contributed by atoms with Gasteiger partial charge in [0.15, 0.2) is 6.79 Å². The number of ether oxygens (including phenoxy) is 3. The van der Waals surface area contributed by atoms with Crippen LogP contribution in [0.25, 0.3) is 0 Å². The van der Waals surface area contributed by atoms with E-state index in [0.717, 1.165) is 36.0 Å². The van der Waals surface area contributed by atoms with Crippen molar-refractivity contribution < 1.29 is 14.2 Å². The van der Waals surface area contributed by atoms with Crippen LogP contribution in [0.5, 0.6) is 11.5 Å². The fraction of sp³-hybridized carbons (Fsp3) is 0.600. The predicted molar refractivity (Wildman–Crippen MR) is 76.0 cm³/mol. The lowest BCUT2D eigenvalue weighted by atomic mass is 10.2. The summed E-state index contributed by atoms with van der Waals surface area (Å²) in [4.78, 5) is 0. The molecule has 0 spiro atoms. The highest BCUT2D eigenvalue weighted by atomic mass is 35.5. The summed E-state index contributed by atoms with van der Waals surface area (Å²) in [5.41, 5.74) is 0.959. The van der Waals surface area contributed by atoms with E-state index < -0.39 is 0 Å². The second-order valence-corrected chi connectivity index (χ2v) is 5.10. The zero-order valence-electron chi connectivity index (χ0n) is 11.4. The molecule has 0 aromatic heterocycles. The van der Waals surface area contributed by atoms with Crippen LogP contribution in [0, 0.1) is 5.92 Å². The minimum atomic E-state index is 0.275. The number of halogens is 1. The quantitative estimate of drug-likeness (QED) is 0.390. The van der Waals surface area contributed by atoms with Gasteiger partial charge in [0.05, 0.1) is 19.1 Å². The average Bonchev–Trinajstić information content (AvgIpc) is 3.25. The first-order valence-corrected chi connectivity index (χ1v) is 7.39. The van der Waals surface area contributed by atoms with Crippen LogP contribution >= 0.6 is 11.6 Å². The van der Waals surface area contributed by atoms with E-state index >= 15 is 0 Å². The van der Waals surface area contributed by atoms with Crippen molar-refractivity contribution in [2.75, 3.05) is 20.0 Å². The van der Waals surface area contributed by atoms with Crippen molar-refractivity contribution >= 4 is 11.6 Å². The Bertz CT molecular complexity index is 391. The fourth-order valence-electron chi connectivity index (χ4n) is 1.69. The van der Waals surface area contributed by atoms with Gasteiger partial charge in [0, 0.05) is 11.6 Å². The SMILES string of the molecule is CCCOc1ccc(CCl)c(OCOCC2CC2)c1. The zero-order chi connectivity index (χ0) is 13.5. The van der Waals surface area contributed by atoms with Crippen molar-refractivity contribution in [3.63, 3.8) is 0 Å². The van der Waals surface area contributed by atoms with Gasteiger partial charge in [-0.2, -0.15) is 0 Å². The normalized spacial score (nSPS) is 14.4. The summed E-state index contributed by atoms with van der Waals surface area (Å²) < 4.78 is 16.7. The Labute approximate surface area is 119 Å². The van der Waals surface area contributed by atoms with E-state index in [1.807, 2.05) is 18.2 Å². The van der Waals surface area contributed by atoms with Crippen molar-refractivity contribution in [2.45, 2.75) is 32.1 Å². The molecule has 0 unspecified atom stereocenters. The third-order valence-electron chi connectivity index (χ3n) is 3.00. The molecule has 1 aliphatic rings. The van der Waals surface area contributed by atoms with E-state index in [1.54, 1.807) is 0 Å². The van der Waals surface area contributed by atoms with Crippen LogP contribution in [0.1, 0.15) is 31.7 Å². The highest BCUT2D eigenvalue weighted by Crippen LogP contribution is 2.29. The Kier molecular flexibility index (Phi) is 5.80. The molecular formula is C15H21ClO3. The lowest BCUT2D eigenvalue weighted by molar-refractivity contribution is 0.00945. The summed E-state index contributed by atoms with van der Waals surface area (Å²) in [5, 5.41) is 0. The fourth-order valence-corrected chi connectivity index (χ4v) is 1.91. The summed E-state index contributed by atoms with van der Waals surface area (Å²) in [7, 11) is 0. The molecule has 1 saturated carbocycles. The lowest BCUT2D eigenvalue weighted by Gasteiger charge is -2.12. The maximum atomic E-state index is 5.90. The van der Waals surface area contributed by atoms with Crippen molar-refractivity contribution in [3.8, 4) is 11.5 Å². The Morgan fingerprint density at radius 1 is 1.26 bits per heavy atom. The number of alkyl halides is 1. The average molecular weight is 285 g/mol. The monoisotopic (exact) mass is 284 g/mol. The molecule has 19 heavy (non-hydrogen) atoms. The molecule has 0 heterocycles. The zero-order valence-corrected chi connectivity index (χ0v) is 12.1. The van der Waals surface area contributed by atoms with E-state index in [1.165, 1.54) is 12.8 Å². The van der Waals surface area contributed by atoms with Gasteiger partial charge in [-0.05, 0) is 31.2 Å². The Hall–Kier alpha value is -0.930. The summed E-state index contributed by atoms with van der Waals surface area (Å²) in [6.07, 6.45) is 3.55. The molecule has 3 nitrogen and oxygen atoms in total. The number of hydrogen-bond donors (Lipinski definition) is 0. The molecule has 1 aromatic rings. The largest absolute Gasteiger partial charge is 0.493 e. The minimum absolute atomic E-state index is 0.275.